The Kier molecular flexibility index (Phi) is 5.59. The Morgan fingerprint density at radius 2 is 1.75 bits per heavy atom. The van der Waals surface area contributed by atoms with Crippen LogP contribution in [-0.4, -0.2) is 34.1 Å². The molecule has 0 aliphatic carbocycles. The van der Waals surface area contributed by atoms with E-state index in [9.17, 15) is 9.59 Å². The van der Waals surface area contributed by atoms with E-state index in [4.69, 9.17) is 5.11 Å². The van der Waals surface area contributed by atoms with E-state index in [2.05, 4.69) is 37.2 Å². The minimum Gasteiger partial charge on any atom is -0.480 e. The van der Waals surface area contributed by atoms with Gasteiger partial charge in [-0.1, -0.05) is 6.07 Å². The minimum absolute atomic E-state index is 0.364. The molecule has 1 aromatic rings. The molecule has 2 N–H and O–H groups in total. The number of para-hydroxylation sites is 1. The average Bonchev–Trinajstić information content (AvgIpc) is 2.29. The average molecular weight is 408 g/mol. The molecule has 0 unspecified atom stereocenters. The molecule has 110 valence electrons. The molecule has 5 nitrogen and oxygen atoms in total. The molecule has 2 amide bonds. The molecule has 0 heterocycles. The number of anilines is 1. The molecule has 0 aromatic heterocycles. The topological polar surface area (TPSA) is 69.6 Å². The fraction of sp³-hybridized carbons (Fsp3) is 0.385. The highest BCUT2D eigenvalue weighted by atomic mass is 79.9. The van der Waals surface area contributed by atoms with Crippen LogP contribution in [0.2, 0.25) is 0 Å². The van der Waals surface area contributed by atoms with Gasteiger partial charge in [0.2, 0.25) is 0 Å². The second kappa shape index (κ2) is 6.58. The Balaban J connectivity index is 3.00. The maximum absolute atomic E-state index is 12.3. The number of carboxylic acids is 1. The lowest BCUT2D eigenvalue weighted by Gasteiger charge is -2.34. The van der Waals surface area contributed by atoms with Gasteiger partial charge < -0.3 is 15.3 Å². The van der Waals surface area contributed by atoms with Crippen LogP contribution in [0.3, 0.4) is 0 Å². The summed E-state index contributed by atoms with van der Waals surface area (Å²) in [5.74, 6) is -1.05. The smallest absolute Gasteiger partial charge is 0.323 e. The summed E-state index contributed by atoms with van der Waals surface area (Å²) in [7, 11) is 0. The van der Waals surface area contributed by atoms with Gasteiger partial charge in [0.25, 0.3) is 0 Å². The molecule has 20 heavy (non-hydrogen) atoms. The number of benzene rings is 1. The number of carbonyl (C=O) groups excluding carboxylic acids is 1. The largest absolute Gasteiger partial charge is 0.480 e. The van der Waals surface area contributed by atoms with Crippen LogP contribution in [0.15, 0.2) is 27.1 Å². The molecular formula is C13H16Br2N2O3. The van der Waals surface area contributed by atoms with Crippen LogP contribution in [0, 0.1) is 0 Å². The molecule has 0 saturated carbocycles. The van der Waals surface area contributed by atoms with Crippen molar-refractivity contribution in [3.05, 3.63) is 27.1 Å². The number of hydrogen-bond acceptors (Lipinski definition) is 2. The van der Waals surface area contributed by atoms with Crippen molar-refractivity contribution >= 4 is 49.5 Å². The van der Waals surface area contributed by atoms with Crippen molar-refractivity contribution in [3.63, 3.8) is 0 Å². The third-order valence-electron chi connectivity index (χ3n) is 2.54. The lowest BCUT2D eigenvalue weighted by Crippen LogP contribution is -2.50. The van der Waals surface area contributed by atoms with Crippen molar-refractivity contribution in [1.29, 1.82) is 0 Å². The zero-order valence-corrected chi connectivity index (χ0v) is 14.6. The number of carbonyl (C=O) groups is 2. The Morgan fingerprint density at radius 1 is 1.25 bits per heavy atom. The van der Waals surface area contributed by atoms with Gasteiger partial charge in [-0.15, -0.1) is 0 Å². The van der Waals surface area contributed by atoms with Gasteiger partial charge in [-0.25, -0.2) is 4.79 Å². The van der Waals surface area contributed by atoms with Crippen molar-refractivity contribution in [2.24, 2.45) is 0 Å². The van der Waals surface area contributed by atoms with Gasteiger partial charge in [-0.05, 0) is 64.8 Å². The standard InChI is InChI=1S/C13H16Br2N2O3/c1-13(2,3)17(7-10(18)19)12(20)16-11-8(14)5-4-6-9(11)15/h4-6H,7H2,1-3H3,(H,16,20)(H,18,19). The van der Waals surface area contributed by atoms with Crippen molar-refractivity contribution < 1.29 is 14.7 Å². The van der Waals surface area contributed by atoms with Crippen molar-refractivity contribution in [3.8, 4) is 0 Å². The van der Waals surface area contributed by atoms with Crippen LogP contribution in [-0.2, 0) is 4.79 Å². The summed E-state index contributed by atoms with van der Waals surface area (Å²) < 4.78 is 1.42. The third-order valence-corrected chi connectivity index (χ3v) is 3.86. The van der Waals surface area contributed by atoms with Crippen LogP contribution < -0.4 is 5.32 Å². The van der Waals surface area contributed by atoms with E-state index < -0.39 is 17.5 Å². The third kappa shape index (κ3) is 4.49. The second-order valence-corrected chi connectivity index (χ2v) is 6.89. The Bertz CT molecular complexity index is 507. The first-order valence-electron chi connectivity index (χ1n) is 5.87. The molecule has 0 radical (unpaired) electrons. The molecule has 0 atom stereocenters. The Hall–Kier alpha value is -1.08. The molecule has 0 aliphatic rings. The molecule has 0 saturated heterocycles. The van der Waals surface area contributed by atoms with Crippen LogP contribution in [0.25, 0.3) is 0 Å². The molecule has 0 fully saturated rings. The monoisotopic (exact) mass is 406 g/mol. The zero-order chi connectivity index (χ0) is 15.5. The molecule has 0 spiro atoms. The fourth-order valence-electron chi connectivity index (χ4n) is 1.54. The normalized spacial score (nSPS) is 11.1. The maximum Gasteiger partial charge on any atom is 0.323 e. The van der Waals surface area contributed by atoms with Crippen molar-refractivity contribution in [2.75, 3.05) is 11.9 Å². The summed E-state index contributed by atoms with van der Waals surface area (Å²) in [6.07, 6.45) is 0. The number of hydrogen-bond donors (Lipinski definition) is 2. The molecule has 0 aliphatic heterocycles. The van der Waals surface area contributed by atoms with Crippen LogP contribution in [0.4, 0.5) is 10.5 Å². The number of nitrogens with one attached hydrogen (secondary N) is 1. The molecule has 0 bridgehead atoms. The lowest BCUT2D eigenvalue weighted by atomic mass is 10.1. The first-order chi connectivity index (χ1) is 9.12. The summed E-state index contributed by atoms with van der Waals surface area (Å²) in [4.78, 5) is 24.5. The van der Waals surface area contributed by atoms with Crippen LogP contribution in [0.1, 0.15) is 20.8 Å². The lowest BCUT2D eigenvalue weighted by molar-refractivity contribution is -0.138. The number of aliphatic carboxylic acids is 1. The van der Waals surface area contributed by atoms with Gasteiger partial charge in [-0.2, -0.15) is 0 Å². The second-order valence-electron chi connectivity index (χ2n) is 5.18. The van der Waals surface area contributed by atoms with E-state index >= 15 is 0 Å². The molecule has 1 aromatic carbocycles. The Morgan fingerprint density at radius 3 is 2.15 bits per heavy atom. The summed E-state index contributed by atoms with van der Waals surface area (Å²) >= 11 is 6.69. The first-order valence-corrected chi connectivity index (χ1v) is 7.46. The summed E-state index contributed by atoms with van der Waals surface area (Å²) in [5, 5.41) is 11.7. The molecular weight excluding hydrogens is 392 g/mol. The highest BCUT2D eigenvalue weighted by molar-refractivity contribution is 9.11. The summed E-state index contributed by atoms with van der Waals surface area (Å²) in [6.45, 7) is 4.98. The molecule has 1 rings (SSSR count). The quantitative estimate of drug-likeness (QED) is 0.797. The zero-order valence-electron chi connectivity index (χ0n) is 11.4. The van der Waals surface area contributed by atoms with Crippen LogP contribution >= 0.6 is 31.9 Å². The molecule has 7 heteroatoms. The number of halogens is 2. The van der Waals surface area contributed by atoms with E-state index in [1.54, 1.807) is 32.9 Å². The van der Waals surface area contributed by atoms with Gasteiger partial charge in [0.05, 0.1) is 5.69 Å². The predicted molar refractivity (Wildman–Crippen MR) is 85.0 cm³/mol. The summed E-state index contributed by atoms with van der Waals surface area (Å²) in [5.41, 5.74) is -0.0342. The highest BCUT2D eigenvalue weighted by Crippen LogP contribution is 2.31. The van der Waals surface area contributed by atoms with Gasteiger partial charge in [-0.3, -0.25) is 4.79 Å². The van der Waals surface area contributed by atoms with Gasteiger partial charge in [0, 0.05) is 14.5 Å². The SMILES string of the molecule is CC(C)(C)N(CC(=O)O)C(=O)Nc1c(Br)cccc1Br. The minimum atomic E-state index is -1.05. The van der Waals surface area contributed by atoms with Gasteiger partial charge in [0.15, 0.2) is 0 Å². The number of urea groups is 1. The van der Waals surface area contributed by atoms with Crippen LogP contribution in [0.5, 0.6) is 0 Å². The van der Waals surface area contributed by atoms with E-state index in [1.807, 2.05) is 6.07 Å². The Labute approximate surface area is 134 Å². The van der Waals surface area contributed by atoms with Gasteiger partial charge in [0.1, 0.15) is 6.54 Å². The highest BCUT2D eigenvalue weighted by Gasteiger charge is 2.29. The summed E-state index contributed by atoms with van der Waals surface area (Å²) in [6, 6.07) is 4.94. The number of carboxylic acid groups (broad SMARTS) is 1. The number of nitrogens with zero attached hydrogens (tertiary/aromatic N) is 1. The predicted octanol–water partition coefficient (Wildman–Crippen LogP) is 3.93. The van der Waals surface area contributed by atoms with Crippen molar-refractivity contribution in [2.45, 2.75) is 26.3 Å². The van der Waals surface area contributed by atoms with E-state index in [0.717, 1.165) is 0 Å². The van der Waals surface area contributed by atoms with Gasteiger partial charge >= 0.3 is 12.0 Å². The number of amides is 2. The van der Waals surface area contributed by atoms with Crippen molar-refractivity contribution in [1.82, 2.24) is 4.90 Å². The van der Waals surface area contributed by atoms with E-state index in [1.165, 1.54) is 4.90 Å². The fourth-order valence-corrected chi connectivity index (χ4v) is 2.74. The number of rotatable bonds is 3. The van der Waals surface area contributed by atoms with E-state index in [0.29, 0.717) is 14.6 Å². The first kappa shape index (κ1) is 17.0. The maximum atomic E-state index is 12.3. The van der Waals surface area contributed by atoms with E-state index in [-0.39, 0.29) is 6.54 Å².